The smallest absolute Gasteiger partial charge is 0.272 e. The second-order valence-corrected chi connectivity index (χ2v) is 5.53. The molecule has 0 fully saturated rings. The number of hydrazone groups is 1. The molecule has 0 radical (unpaired) electrons. The van der Waals surface area contributed by atoms with Gasteiger partial charge in [-0.1, -0.05) is 43.8 Å². The second kappa shape index (κ2) is 8.52. The van der Waals surface area contributed by atoms with Gasteiger partial charge < -0.3 is 0 Å². The Hall–Kier alpha value is -3.55. The van der Waals surface area contributed by atoms with Crippen molar-refractivity contribution in [1.82, 2.24) is 0 Å². The van der Waals surface area contributed by atoms with E-state index in [0.717, 1.165) is 23.6 Å². The fourth-order valence-electron chi connectivity index (χ4n) is 2.55. The molecule has 8 heteroatoms. The number of benzene rings is 2. The van der Waals surface area contributed by atoms with E-state index in [1.54, 1.807) is 0 Å². The molecule has 1 atom stereocenters. The fourth-order valence-corrected chi connectivity index (χ4v) is 2.55. The summed E-state index contributed by atoms with van der Waals surface area (Å²) >= 11 is 0. The standard InChI is InChI=1S/C18H18N4O4/c1-3-16(14-7-5-4-6-8-14)13(2)12-19-20-17-10-9-15(21(23)24)11-18(17)22(25)26/h4-12,16,20H,2-3H2,1H3/b19-12+/t16-/m0/s1. The van der Waals surface area contributed by atoms with Crippen molar-refractivity contribution in [2.75, 3.05) is 5.43 Å². The largest absolute Gasteiger partial charge is 0.301 e. The van der Waals surface area contributed by atoms with Crippen molar-refractivity contribution in [2.24, 2.45) is 5.10 Å². The molecule has 8 nitrogen and oxygen atoms in total. The minimum Gasteiger partial charge on any atom is -0.272 e. The number of rotatable bonds is 8. The Balaban J connectivity index is 2.15. The quantitative estimate of drug-likeness (QED) is 0.421. The Morgan fingerprint density at radius 3 is 2.46 bits per heavy atom. The van der Waals surface area contributed by atoms with Crippen LogP contribution >= 0.6 is 0 Å². The van der Waals surface area contributed by atoms with E-state index in [1.165, 1.54) is 18.3 Å². The van der Waals surface area contributed by atoms with Crippen molar-refractivity contribution in [3.63, 3.8) is 0 Å². The predicted molar refractivity (Wildman–Crippen MR) is 100 cm³/mol. The molecular weight excluding hydrogens is 336 g/mol. The Morgan fingerprint density at radius 1 is 1.19 bits per heavy atom. The van der Waals surface area contributed by atoms with Crippen molar-refractivity contribution in [1.29, 1.82) is 0 Å². The summed E-state index contributed by atoms with van der Waals surface area (Å²) in [7, 11) is 0. The van der Waals surface area contributed by atoms with Gasteiger partial charge in [0.15, 0.2) is 0 Å². The molecule has 2 aromatic rings. The number of nitro benzene ring substituents is 2. The van der Waals surface area contributed by atoms with Crippen LogP contribution in [0.2, 0.25) is 0 Å². The third kappa shape index (κ3) is 4.50. The van der Waals surface area contributed by atoms with Crippen LogP contribution in [0.3, 0.4) is 0 Å². The Morgan fingerprint density at radius 2 is 1.88 bits per heavy atom. The normalized spacial score (nSPS) is 11.9. The number of hydrogen-bond donors (Lipinski definition) is 1. The van der Waals surface area contributed by atoms with Crippen LogP contribution in [0.25, 0.3) is 0 Å². The van der Waals surface area contributed by atoms with Crippen molar-refractivity contribution in [3.05, 3.63) is 86.5 Å². The fraction of sp³-hybridized carbons (Fsp3) is 0.167. The zero-order valence-corrected chi connectivity index (χ0v) is 14.2. The first-order chi connectivity index (χ1) is 12.4. The van der Waals surface area contributed by atoms with Crippen LogP contribution in [0.1, 0.15) is 24.8 Å². The molecule has 0 bridgehead atoms. The summed E-state index contributed by atoms with van der Waals surface area (Å²) in [5, 5.41) is 25.9. The number of hydrogen-bond acceptors (Lipinski definition) is 6. The van der Waals surface area contributed by atoms with Gasteiger partial charge in [0.05, 0.1) is 22.1 Å². The molecule has 0 spiro atoms. The molecule has 0 saturated heterocycles. The van der Waals surface area contributed by atoms with Crippen LogP contribution < -0.4 is 5.43 Å². The van der Waals surface area contributed by atoms with Gasteiger partial charge in [-0.15, -0.1) is 0 Å². The van der Waals surface area contributed by atoms with Gasteiger partial charge in [0, 0.05) is 12.0 Å². The number of nitrogens with one attached hydrogen (secondary N) is 1. The van der Waals surface area contributed by atoms with Crippen molar-refractivity contribution >= 4 is 23.3 Å². The molecule has 0 heterocycles. The Kier molecular flexibility index (Phi) is 6.15. The molecule has 2 rings (SSSR count). The van der Waals surface area contributed by atoms with Gasteiger partial charge in [-0.2, -0.15) is 5.10 Å². The Labute approximate surface area is 150 Å². The molecule has 0 aliphatic rings. The average molecular weight is 354 g/mol. The van der Waals surface area contributed by atoms with Gasteiger partial charge in [-0.25, -0.2) is 0 Å². The maximum Gasteiger partial charge on any atom is 0.301 e. The summed E-state index contributed by atoms with van der Waals surface area (Å²) in [6, 6.07) is 13.2. The molecule has 0 amide bonds. The van der Waals surface area contributed by atoms with Crippen LogP contribution in [0.15, 0.2) is 65.8 Å². The number of nitrogens with zero attached hydrogens (tertiary/aromatic N) is 3. The van der Waals surface area contributed by atoms with E-state index in [2.05, 4.69) is 17.1 Å². The predicted octanol–water partition coefficient (Wildman–Crippen LogP) is 4.65. The maximum absolute atomic E-state index is 11.1. The highest BCUT2D eigenvalue weighted by atomic mass is 16.6. The zero-order chi connectivity index (χ0) is 19.1. The lowest BCUT2D eigenvalue weighted by molar-refractivity contribution is -0.393. The molecule has 2 aromatic carbocycles. The van der Waals surface area contributed by atoms with Crippen LogP contribution in [0.5, 0.6) is 0 Å². The highest BCUT2D eigenvalue weighted by molar-refractivity contribution is 5.81. The first kappa shape index (κ1) is 18.8. The highest BCUT2D eigenvalue weighted by Gasteiger charge is 2.19. The van der Waals surface area contributed by atoms with E-state index in [-0.39, 0.29) is 17.3 Å². The van der Waals surface area contributed by atoms with Gasteiger partial charge in [0.1, 0.15) is 5.69 Å². The summed E-state index contributed by atoms with van der Waals surface area (Å²) in [5.74, 6) is 0.0774. The van der Waals surface area contributed by atoms with Crippen molar-refractivity contribution < 1.29 is 9.85 Å². The van der Waals surface area contributed by atoms with E-state index in [4.69, 9.17) is 0 Å². The monoisotopic (exact) mass is 354 g/mol. The van der Waals surface area contributed by atoms with E-state index in [0.29, 0.717) is 0 Å². The molecule has 0 aromatic heterocycles. The van der Waals surface area contributed by atoms with E-state index in [9.17, 15) is 20.2 Å². The zero-order valence-electron chi connectivity index (χ0n) is 14.2. The summed E-state index contributed by atoms with van der Waals surface area (Å²) < 4.78 is 0. The molecule has 134 valence electrons. The summed E-state index contributed by atoms with van der Waals surface area (Å²) in [5.41, 5.74) is 3.71. The number of allylic oxidation sites excluding steroid dienone is 1. The van der Waals surface area contributed by atoms with Crippen LogP contribution in [-0.2, 0) is 0 Å². The topological polar surface area (TPSA) is 111 Å². The van der Waals surface area contributed by atoms with Crippen LogP contribution in [-0.4, -0.2) is 16.1 Å². The van der Waals surface area contributed by atoms with E-state index in [1.807, 2.05) is 37.3 Å². The van der Waals surface area contributed by atoms with E-state index >= 15 is 0 Å². The number of anilines is 1. The SMILES string of the molecule is C=C(/C=N/Nc1ccc([N+](=O)[O-])cc1[N+](=O)[O-])[C@H](CC)c1ccccc1. The van der Waals surface area contributed by atoms with Gasteiger partial charge in [-0.05, 0) is 23.6 Å². The molecule has 26 heavy (non-hydrogen) atoms. The highest BCUT2D eigenvalue weighted by Crippen LogP contribution is 2.29. The van der Waals surface area contributed by atoms with Gasteiger partial charge in [0.2, 0.25) is 0 Å². The van der Waals surface area contributed by atoms with Gasteiger partial charge >= 0.3 is 5.69 Å². The summed E-state index contributed by atoms with van der Waals surface area (Å²) in [6.45, 7) is 6.05. The number of non-ortho nitro benzene ring substituents is 1. The summed E-state index contributed by atoms with van der Waals surface area (Å²) in [4.78, 5) is 20.5. The Bertz CT molecular complexity index is 850. The minimum absolute atomic E-state index is 0.0670. The molecule has 1 N–H and O–H groups in total. The molecule has 0 aliphatic heterocycles. The summed E-state index contributed by atoms with van der Waals surface area (Å²) in [6.07, 6.45) is 2.33. The molecule has 0 saturated carbocycles. The second-order valence-electron chi connectivity index (χ2n) is 5.53. The molecule has 0 aliphatic carbocycles. The van der Waals surface area contributed by atoms with E-state index < -0.39 is 15.5 Å². The minimum atomic E-state index is -0.696. The third-order valence-corrected chi connectivity index (χ3v) is 3.86. The average Bonchev–Trinajstić information content (AvgIpc) is 2.63. The van der Waals surface area contributed by atoms with Crippen LogP contribution in [0, 0.1) is 20.2 Å². The van der Waals surface area contributed by atoms with Crippen molar-refractivity contribution in [2.45, 2.75) is 19.3 Å². The van der Waals surface area contributed by atoms with Crippen molar-refractivity contribution in [3.8, 4) is 0 Å². The first-order valence-electron chi connectivity index (χ1n) is 7.89. The first-order valence-corrected chi connectivity index (χ1v) is 7.89. The maximum atomic E-state index is 11.1. The number of nitro groups is 2. The lowest BCUT2D eigenvalue weighted by Gasteiger charge is -2.15. The lowest BCUT2D eigenvalue weighted by Crippen LogP contribution is -2.03. The molecule has 0 unspecified atom stereocenters. The van der Waals surface area contributed by atoms with Gasteiger partial charge in [-0.3, -0.25) is 25.7 Å². The van der Waals surface area contributed by atoms with Crippen LogP contribution in [0.4, 0.5) is 17.1 Å². The third-order valence-electron chi connectivity index (χ3n) is 3.86. The lowest BCUT2D eigenvalue weighted by atomic mass is 9.90. The van der Waals surface area contributed by atoms with Gasteiger partial charge in [0.25, 0.3) is 5.69 Å². The molecular formula is C18H18N4O4.